The topological polar surface area (TPSA) is 125 Å². The second-order valence-corrected chi connectivity index (χ2v) is 11.9. The Morgan fingerprint density at radius 2 is 1.57 bits per heavy atom. The van der Waals surface area contributed by atoms with Crippen LogP contribution in [0.3, 0.4) is 0 Å². The van der Waals surface area contributed by atoms with Crippen LogP contribution >= 0.6 is 0 Å². The van der Waals surface area contributed by atoms with Crippen molar-refractivity contribution in [3.8, 4) is 11.4 Å². The summed E-state index contributed by atoms with van der Waals surface area (Å²) in [6, 6.07) is 20.7. The maximum Gasteiger partial charge on any atom is 0.255 e. The van der Waals surface area contributed by atoms with E-state index in [1.165, 1.54) is 5.56 Å². The molecule has 0 atom stereocenters. The Balaban J connectivity index is 1.24. The molecule has 3 heterocycles. The molecule has 6 rings (SSSR count). The molecule has 10 heteroatoms. The maximum absolute atomic E-state index is 13.1. The van der Waals surface area contributed by atoms with Crippen LogP contribution < -0.4 is 10.6 Å². The highest BCUT2D eigenvalue weighted by Gasteiger charge is 2.19. The number of aromatic amines is 1. The van der Waals surface area contributed by atoms with Gasteiger partial charge >= 0.3 is 0 Å². The number of hydrogen-bond acceptors (Lipinski definition) is 7. The molecule has 0 unspecified atom stereocenters. The van der Waals surface area contributed by atoms with Gasteiger partial charge in [0.05, 0.1) is 19.5 Å². The highest BCUT2D eigenvalue weighted by molar-refractivity contribution is 6.04. The number of carbonyl (C=O) groups is 2. The first-order chi connectivity index (χ1) is 21.2. The van der Waals surface area contributed by atoms with E-state index in [-0.39, 0.29) is 17.2 Å². The number of nitrogens with one attached hydrogen (secondary N) is 3. The molecule has 10 nitrogen and oxygen atoms in total. The van der Waals surface area contributed by atoms with Crippen molar-refractivity contribution in [2.75, 3.05) is 36.9 Å². The van der Waals surface area contributed by atoms with Gasteiger partial charge in [0.2, 0.25) is 0 Å². The summed E-state index contributed by atoms with van der Waals surface area (Å²) < 4.78 is 5.36. The summed E-state index contributed by atoms with van der Waals surface area (Å²) in [5.41, 5.74) is 6.65. The van der Waals surface area contributed by atoms with Gasteiger partial charge in [0.25, 0.3) is 11.8 Å². The minimum Gasteiger partial charge on any atom is -0.378 e. The fraction of sp³-hybridized carbons (Fsp3) is 0.265. The van der Waals surface area contributed by atoms with Crippen LogP contribution in [0, 0.1) is 6.92 Å². The van der Waals surface area contributed by atoms with Gasteiger partial charge in [-0.05, 0) is 72.0 Å². The smallest absolute Gasteiger partial charge is 0.255 e. The maximum atomic E-state index is 13.1. The van der Waals surface area contributed by atoms with Crippen molar-refractivity contribution in [2.45, 2.75) is 33.1 Å². The van der Waals surface area contributed by atoms with Crippen LogP contribution in [0.25, 0.3) is 22.6 Å². The lowest BCUT2D eigenvalue weighted by Crippen LogP contribution is -2.40. The quantitative estimate of drug-likeness (QED) is 0.219. The Kier molecular flexibility index (Phi) is 7.84. The number of morpholine rings is 1. The lowest BCUT2D eigenvalue weighted by molar-refractivity contribution is 0.0303. The third-order valence-corrected chi connectivity index (χ3v) is 7.73. The predicted molar refractivity (Wildman–Crippen MR) is 171 cm³/mol. The summed E-state index contributed by atoms with van der Waals surface area (Å²) in [5, 5.41) is 6.36. The molecule has 2 amide bonds. The van der Waals surface area contributed by atoms with Crippen LogP contribution in [-0.2, 0) is 10.2 Å². The number of aryl methyl sites for hydroxylation is 1. The SMILES string of the molecule is Cc1ccc(NC(=O)c2ccc(C(C)(C)C)cc2)cc1-c1nc(Nc2ccc(C(=O)N3CCOCC3)cc2)c2[nH]cnc2n1. The Bertz CT molecular complexity index is 1820. The molecule has 5 aromatic rings. The van der Waals surface area contributed by atoms with E-state index in [4.69, 9.17) is 14.7 Å². The number of amides is 2. The van der Waals surface area contributed by atoms with Crippen molar-refractivity contribution in [3.63, 3.8) is 0 Å². The number of aromatic nitrogens is 4. The first-order valence-electron chi connectivity index (χ1n) is 14.6. The highest BCUT2D eigenvalue weighted by atomic mass is 16.5. The normalized spacial score (nSPS) is 13.6. The average Bonchev–Trinajstić information content (AvgIpc) is 3.51. The van der Waals surface area contributed by atoms with Crippen molar-refractivity contribution in [3.05, 3.63) is 95.3 Å². The molecule has 1 aliphatic heterocycles. The number of rotatable bonds is 6. The van der Waals surface area contributed by atoms with Crippen LogP contribution in [0.5, 0.6) is 0 Å². The van der Waals surface area contributed by atoms with E-state index in [0.29, 0.717) is 65.9 Å². The standard InChI is InChI=1S/C34H35N7O3/c1-21-5-12-26(38-32(42)22-6-10-24(11-7-22)34(2,3)4)19-27(21)29-39-30-28(35-20-36-30)31(40-29)37-25-13-8-23(9-14-25)33(43)41-15-17-44-18-16-41/h5-14,19-20H,15-18H2,1-4H3,(H,38,42)(H2,35,36,37,39,40). The van der Waals surface area contributed by atoms with Crippen LogP contribution in [0.4, 0.5) is 17.2 Å². The van der Waals surface area contributed by atoms with E-state index < -0.39 is 0 Å². The third kappa shape index (κ3) is 6.16. The number of nitrogens with zero attached hydrogens (tertiary/aromatic N) is 4. The summed E-state index contributed by atoms with van der Waals surface area (Å²) in [4.78, 5) is 44.8. The van der Waals surface area contributed by atoms with Gasteiger partial charge in [-0.2, -0.15) is 0 Å². The van der Waals surface area contributed by atoms with E-state index in [9.17, 15) is 9.59 Å². The first kappa shape index (κ1) is 29.0. The van der Waals surface area contributed by atoms with Gasteiger partial charge in [0.15, 0.2) is 17.3 Å². The molecule has 0 aliphatic carbocycles. The summed E-state index contributed by atoms with van der Waals surface area (Å²) in [7, 11) is 0. The van der Waals surface area contributed by atoms with Gasteiger partial charge in [-0.1, -0.05) is 39.0 Å². The molecule has 3 aromatic carbocycles. The summed E-state index contributed by atoms with van der Waals surface area (Å²) in [6.45, 7) is 10.7. The molecule has 44 heavy (non-hydrogen) atoms. The molecular weight excluding hydrogens is 554 g/mol. The molecule has 1 aliphatic rings. The fourth-order valence-electron chi connectivity index (χ4n) is 5.09. The molecule has 0 spiro atoms. The zero-order valence-electron chi connectivity index (χ0n) is 25.3. The zero-order chi connectivity index (χ0) is 30.8. The largest absolute Gasteiger partial charge is 0.378 e. The van der Waals surface area contributed by atoms with Gasteiger partial charge in [-0.25, -0.2) is 15.0 Å². The molecular formula is C34H35N7O3. The van der Waals surface area contributed by atoms with Crippen molar-refractivity contribution >= 4 is 40.2 Å². The average molecular weight is 590 g/mol. The first-order valence-corrected chi connectivity index (χ1v) is 14.6. The number of ether oxygens (including phenoxy) is 1. The van der Waals surface area contributed by atoms with Crippen molar-refractivity contribution in [1.82, 2.24) is 24.8 Å². The van der Waals surface area contributed by atoms with Gasteiger partial charge in [0.1, 0.15) is 5.52 Å². The van der Waals surface area contributed by atoms with Crippen LogP contribution in [0.15, 0.2) is 73.1 Å². The van der Waals surface area contributed by atoms with Crippen LogP contribution in [0.1, 0.15) is 52.6 Å². The number of H-pyrrole nitrogens is 1. The minimum atomic E-state index is -0.193. The molecule has 224 valence electrons. The van der Waals surface area contributed by atoms with Crippen LogP contribution in [0.2, 0.25) is 0 Å². The Hall–Kier alpha value is -5.09. The second kappa shape index (κ2) is 11.9. The predicted octanol–water partition coefficient (Wildman–Crippen LogP) is 6.09. The van der Waals surface area contributed by atoms with Crippen LogP contribution in [-0.4, -0.2) is 63.0 Å². The number of benzene rings is 3. The van der Waals surface area contributed by atoms with Crippen molar-refractivity contribution in [1.29, 1.82) is 0 Å². The Labute approximate surface area is 255 Å². The Morgan fingerprint density at radius 1 is 0.886 bits per heavy atom. The monoisotopic (exact) mass is 589 g/mol. The molecule has 1 fully saturated rings. The minimum absolute atomic E-state index is 0.00946. The molecule has 3 N–H and O–H groups in total. The van der Waals surface area contributed by atoms with Gasteiger partial charge in [0, 0.05) is 41.2 Å². The molecule has 0 bridgehead atoms. The Morgan fingerprint density at radius 3 is 2.27 bits per heavy atom. The summed E-state index contributed by atoms with van der Waals surface area (Å²) in [5.74, 6) is 0.809. The lowest BCUT2D eigenvalue weighted by atomic mass is 9.87. The number of imidazole rings is 1. The van der Waals surface area contributed by atoms with E-state index in [1.807, 2.05) is 61.5 Å². The van der Waals surface area contributed by atoms with Gasteiger partial charge in [-0.15, -0.1) is 0 Å². The molecule has 1 saturated heterocycles. The molecule has 0 radical (unpaired) electrons. The molecule has 0 saturated carbocycles. The number of carbonyl (C=O) groups excluding carboxylic acids is 2. The lowest BCUT2D eigenvalue weighted by Gasteiger charge is -2.26. The number of anilines is 3. The van der Waals surface area contributed by atoms with E-state index >= 15 is 0 Å². The van der Waals surface area contributed by atoms with Gasteiger partial charge in [-0.3, -0.25) is 9.59 Å². The van der Waals surface area contributed by atoms with Gasteiger partial charge < -0.3 is 25.3 Å². The van der Waals surface area contributed by atoms with E-state index in [1.54, 1.807) is 23.4 Å². The van der Waals surface area contributed by atoms with Crippen molar-refractivity contribution < 1.29 is 14.3 Å². The summed E-state index contributed by atoms with van der Waals surface area (Å²) >= 11 is 0. The molecule has 2 aromatic heterocycles. The van der Waals surface area contributed by atoms with Crippen molar-refractivity contribution in [2.24, 2.45) is 0 Å². The zero-order valence-corrected chi connectivity index (χ0v) is 25.3. The highest BCUT2D eigenvalue weighted by Crippen LogP contribution is 2.30. The third-order valence-electron chi connectivity index (χ3n) is 7.73. The number of fused-ring (bicyclic) bond motifs is 1. The fourth-order valence-corrected chi connectivity index (χ4v) is 5.09. The number of hydrogen-bond donors (Lipinski definition) is 3. The van der Waals surface area contributed by atoms with E-state index in [0.717, 1.165) is 16.8 Å². The van der Waals surface area contributed by atoms with E-state index in [2.05, 4.69) is 41.4 Å². The summed E-state index contributed by atoms with van der Waals surface area (Å²) in [6.07, 6.45) is 1.58. The second-order valence-electron chi connectivity index (χ2n) is 11.9.